The number of nitrogens with zero attached hydrogens (tertiary/aromatic N) is 6. The molecule has 4 heterocycles. The molecule has 4 rings (SSSR count). The van der Waals surface area contributed by atoms with Crippen LogP contribution in [-0.2, 0) is 0 Å². The Labute approximate surface area is 141 Å². The maximum atomic E-state index is 5.14. The molecule has 1 atom stereocenters. The van der Waals surface area contributed by atoms with Crippen LogP contribution in [0.1, 0.15) is 4.88 Å². The molecule has 116 valence electrons. The number of rotatable bonds is 4. The Kier molecular flexibility index (Phi) is 3.71. The fraction of sp³-hybridized carbons (Fsp3) is 0.154. The van der Waals surface area contributed by atoms with Gasteiger partial charge in [0.25, 0.3) is 5.16 Å². The van der Waals surface area contributed by atoms with Gasteiger partial charge in [-0.2, -0.15) is 9.67 Å². The van der Waals surface area contributed by atoms with Crippen molar-refractivity contribution in [3.63, 3.8) is 0 Å². The van der Waals surface area contributed by atoms with E-state index in [-0.39, 0.29) is 0 Å². The predicted octanol–water partition coefficient (Wildman–Crippen LogP) is 3.29. The summed E-state index contributed by atoms with van der Waals surface area (Å²) < 4.78 is 11.5. The van der Waals surface area contributed by atoms with Crippen molar-refractivity contribution in [3.8, 4) is 10.9 Å². The number of hydrogen-bond donors (Lipinski definition) is 0. The quantitative estimate of drug-likeness (QED) is 0.406. The van der Waals surface area contributed by atoms with Gasteiger partial charge in [-0.15, -0.1) is 11.3 Å². The molecular formula is C13H11N6OS3+. The lowest BCUT2D eigenvalue weighted by molar-refractivity contribution is 0.399. The van der Waals surface area contributed by atoms with Crippen molar-refractivity contribution < 1.29 is 4.74 Å². The summed E-state index contributed by atoms with van der Waals surface area (Å²) in [6.07, 6.45) is 0. The molecule has 4 aromatic heterocycles. The van der Waals surface area contributed by atoms with Crippen molar-refractivity contribution in [2.75, 3.05) is 7.11 Å². The Morgan fingerprint density at radius 2 is 2.17 bits per heavy atom. The Balaban J connectivity index is 1.67. The van der Waals surface area contributed by atoms with Gasteiger partial charge in [0.1, 0.15) is 5.00 Å². The van der Waals surface area contributed by atoms with Gasteiger partial charge in [-0.1, -0.05) is 5.10 Å². The van der Waals surface area contributed by atoms with E-state index >= 15 is 0 Å². The van der Waals surface area contributed by atoms with Gasteiger partial charge in [-0.25, -0.2) is 0 Å². The molecule has 0 N–H and O–H groups in total. The molecule has 0 spiro atoms. The first-order chi connectivity index (χ1) is 11.2. The second kappa shape index (κ2) is 5.87. The van der Waals surface area contributed by atoms with Crippen LogP contribution in [-0.4, -0.2) is 36.7 Å². The molecule has 0 fully saturated rings. The molecule has 23 heavy (non-hydrogen) atoms. The van der Waals surface area contributed by atoms with Crippen LogP contribution in [0.15, 0.2) is 34.8 Å². The second-order valence-electron chi connectivity index (χ2n) is 4.59. The number of thiophene rings is 1. The lowest BCUT2D eigenvalue weighted by Gasteiger charge is -1.94. The minimum atomic E-state index is -0.401. The van der Waals surface area contributed by atoms with Gasteiger partial charge >= 0.3 is 0 Å². The Hall–Kier alpha value is -2.04. The molecule has 0 aromatic carbocycles. The van der Waals surface area contributed by atoms with E-state index in [1.54, 1.807) is 23.1 Å². The van der Waals surface area contributed by atoms with Crippen LogP contribution >= 0.6 is 31.8 Å². The highest BCUT2D eigenvalue weighted by molar-refractivity contribution is 8.44. The fourth-order valence-corrected chi connectivity index (χ4v) is 5.67. The first-order valence-electron chi connectivity index (χ1n) is 6.61. The Bertz CT molecular complexity index is 975. The summed E-state index contributed by atoms with van der Waals surface area (Å²) in [6, 6.07) is 7.86. The van der Waals surface area contributed by atoms with E-state index in [9.17, 15) is 0 Å². The monoisotopic (exact) mass is 363 g/mol. The minimum absolute atomic E-state index is 0.401. The first-order valence-corrected chi connectivity index (χ1v) is 10.0. The van der Waals surface area contributed by atoms with Gasteiger partial charge in [-0.3, -0.25) is 0 Å². The topological polar surface area (TPSA) is 78.6 Å². The SMILES string of the molecule is COc1ccc2c[s+](Sc3nnnn3-c3ccc(C)s3)nc2n1. The molecule has 0 saturated heterocycles. The Morgan fingerprint density at radius 3 is 2.96 bits per heavy atom. The third-order valence-corrected chi connectivity index (χ3v) is 6.86. The highest BCUT2D eigenvalue weighted by Crippen LogP contribution is 2.39. The summed E-state index contributed by atoms with van der Waals surface area (Å²) >= 11 is 1.65. The van der Waals surface area contributed by atoms with E-state index in [1.165, 1.54) is 15.7 Å². The van der Waals surface area contributed by atoms with Crippen molar-refractivity contribution in [2.45, 2.75) is 12.1 Å². The normalized spacial score (nSPS) is 12.0. The fourth-order valence-electron chi connectivity index (χ4n) is 1.96. The van der Waals surface area contributed by atoms with Gasteiger partial charge in [0.2, 0.25) is 22.3 Å². The van der Waals surface area contributed by atoms with Crippen LogP contribution in [0.3, 0.4) is 0 Å². The van der Waals surface area contributed by atoms with Crippen LogP contribution in [0.2, 0.25) is 0 Å². The van der Waals surface area contributed by atoms with E-state index in [0.717, 1.165) is 15.5 Å². The number of methoxy groups -OCH3 is 1. The van der Waals surface area contributed by atoms with E-state index in [1.807, 2.05) is 18.2 Å². The molecule has 0 aliphatic rings. The molecule has 0 saturated carbocycles. The van der Waals surface area contributed by atoms with Crippen molar-refractivity contribution in [1.82, 2.24) is 29.6 Å². The highest BCUT2D eigenvalue weighted by Gasteiger charge is 2.22. The van der Waals surface area contributed by atoms with Crippen molar-refractivity contribution in [1.29, 1.82) is 0 Å². The van der Waals surface area contributed by atoms with Crippen molar-refractivity contribution >= 4 is 42.9 Å². The van der Waals surface area contributed by atoms with Crippen LogP contribution < -0.4 is 4.74 Å². The average Bonchev–Trinajstić information content (AvgIpc) is 3.25. The van der Waals surface area contributed by atoms with E-state index in [4.69, 9.17) is 4.74 Å². The van der Waals surface area contributed by atoms with E-state index in [2.05, 4.69) is 43.3 Å². The van der Waals surface area contributed by atoms with E-state index in [0.29, 0.717) is 11.5 Å². The maximum absolute atomic E-state index is 5.14. The zero-order valence-corrected chi connectivity index (χ0v) is 14.7. The summed E-state index contributed by atoms with van der Waals surface area (Å²) in [7, 11) is 2.71. The van der Waals surface area contributed by atoms with Crippen LogP contribution in [0, 0.1) is 6.92 Å². The third-order valence-electron chi connectivity index (χ3n) is 3.03. The number of ether oxygens (including phenoxy) is 1. The van der Waals surface area contributed by atoms with Gasteiger partial charge in [0, 0.05) is 10.9 Å². The standard InChI is InChI=1S/C13H11N6OS3/c1-8-3-6-11(21-8)19-13(15-17-18-19)22-23-7-9-4-5-10(20-2)14-12(9)16-23/h3-7H,1-2H3/q+1. The van der Waals surface area contributed by atoms with Crippen LogP contribution in [0.4, 0.5) is 0 Å². The van der Waals surface area contributed by atoms with Crippen LogP contribution in [0.5, 0.6) is 5.88 Å². The zero-order chi connectivity index (χ0) is 15.8. The smallest absolute Gasteiger partial charge is 0.274 e. The van der Waals surface area contributed by atoms with Gasteiger partial charge in [0.05, 0.1) is 12.5 Å². The highest BCUT2D eigenvalue weighted by atomic mass is 33.1. The number of tetrazole rings is 1. The minimum Gasteiger partial charge on any atom is -0.481 e. The Morgan fingerprint density at radius 1 is 1.26 bits per heavy atom. The van der Waals surface area contributed by atoms with Gasteiger partial charge in [0.15, 0.2) is 15.1 Å². The summed E-state index contributed by atoms with van der Waals surface area (Å²) in [4.78, 5) is 5.57. The number of aromatic nitrogens is 6. The first kappa shape index (κ1) is 14.5. The molecule has 0 radical (unpaired) electrons. The maximum Gasteiger partial charge on any atom is 0.274 e. The molecule has 4 aromatic rings. The molecule has 7 nitrogen and oxygen atoms in total. The lowest BCUT2D eigenvalue weighted by Crippen LogP contribution is -1.94. The lowest BCUT2D eigenvalue weighted by atomic mass is 10.4. The van der Waals surface area contributed by atoms with E-state index < -0.39 is 9.70 Å². The molecule has 0 bridgehead atoms. The number of pyridine rings is 1. The number of fused-ring (bicyclic) bond motifs is 1. The largest absolute Gasteiger partial charge is 0.481 e. The zero-order valence-electron chi connectivity index (χ0n) is 12.2. The molecule has 0 aliphatic heterocycles. The summed E-state index contributed by atoms with van der Waals surface area (Å²) in [5.41, 5.74) is 0.700. The molecule has 1 unspecified atom stereocenters. The van der Waals surface area contributed by atoms with Gasteiger partial charge in [-0.05, 0) is 39.9 Å². The summed E-state index contributed by atoms with van der Waals surface area (Å²) in [5.74, 6) is 0.565. The van der Waals surface area contributed by atoms with Gasteiger partial charge < -0.3 is 4.74 Å². The van der Waals surface area contributed by atoms with Crippen molar-refractivity contribution in [3.05, 3.63) is 34.5 Å². The molecule has 10 heteroatoms. The number of aryl methyl sites for hydroxylation is 1. The average molecular weight is 363 g/mol. The summed E-state index contributed by atoms with van der Waals surface area (Å²) in [5, 5.41) is 16.8. The molecule has 0 amide bonds. The third kappa shape index (κ3) is 2.80. The molecular weight excluding hydrogens is 352 g/mol. The van der Waals surface area contributed by atoms with Crippen molar-refractivity contribution in [2.24, 2.45) is 0 Å². The summed E-state index contributed by atoms with van der Waals surface area (Å²) in [6.45, 7) is 2.06. The second-order valence-corrected chi connectivity index (χ2v) is 8.89. The van der Waals surface area contributed by atoms with Crippen LogP contribution in [0.25, 0.3) is 16.0 Å². The number of hydrogen-bond acceptors (Lipinski definition) is 8. The molecule has 0 aliphatic carbocycles. The predicted molar refractivity (Wildman–Crippen MR) is 91.6 cm³/mol.